The van der Waals surface area contributed by atoms with E-state index in [-0.39, 0.29) is 0 Å². The Balaban J connectivity index is 2.63. The van der Waals surface area contributed by atoms with E-state index in [4.69, 9.17) is 0 Å². The van der Waals surface area contributed by atoms with Crippen molar-refractivity contribution in [3.05, 3.63) is 29.8 Å². The second-order valence-electron chi connectivity index (χ2n) is 5.12. The fourth-order valence-corrected chi connectivity index (χ4v) is 1.97. The van der Waals surface area contributed by atoms with Crippen LogP contribution in [-0.4, -0.2) is 26.2 Å². The van der Waals surface area contributed by atoms with Gasteiger partial charge in [-0.25, -0.2) is 0 Å². The predicted molar refractivity (Wildman–Crippen MR) is 76.8 cm³/mol. The number of likely N-dealkylation sites (N-methyl/N-ethyl adjacent to an activating group) is 2. The standard InChI is InChI=1S/C15H26N2/c1-6-16-15(12(2)3)11-17(5)14-9-7-13(4)8-10-14/h7-10,12,15-16H,6,11H2,1-5H3. The van der Waals surface area contributed by atoms with Crippen molar-refractivity contribution in [2.75, 3.05) is 25.0 Å². The van der Waals surface area contributed by atoms with Gasteiger partial charge in [0.2, 0.25) is 0 Å². The van der Waals surface area contributed by atoms with Gasteiger partial charge >= 0.3 is 0 Å². The van der Waals surface area contributed by atoms with Crippen LogP contribution in [-0.2, 0) is 0 Å². The van der Waals surface area contributed by atoms with Gasteiger partial charge in [0.1, 0.15) is 0 Å². The van der Waals surface area contributed by atoms with Gasteiger partial charge in [-0.05, 0) is 31.5 Å². The average molecular weight is 234 g/mol. The minimum absolute atomic E-state index is 0.548. The minimum atomic E-state index is 0.548. The van der Waals surface area contributed by atoms with Gasteiger partial charge < -0.3 is 10.2 Å². The van der Waals surface area contributed by atoms with Gasteiger partial charge in [-0.1, -0.05) is 38.5 Å². The zero-order valence-electron chi connectivity index (χ0n) is 11.8. The fraction of sp³-hybridized carbons (Fsp3) is 0.600. The van der Waals surface area contributed by atoms with E-state index < -0.39 is 0 Å². The molecule has 2 heteroatoms. The van der Waals surface area contributed by atoms with Crippen molar-refractivity contribution < 1.29 is 0 Å². The van der Waals surface area contributed by atoms with Gasteiger partial charge in [0.15, 0.2) is 0 Å². The maximum Gasteiger partial charge on any atom is 0.0364 e. The number of hydrogen-bond donors (Lipinski definition) is 1. The third-order valence-corrected chi connectivity index (χ3v) is 3.22. The summed E-state index contributed by atoms with van der Waals surface area (Å²) in [6.45, 7) is 10.9. The topological polar surface area (TPSA) is 15.3 Å². The van der Waals surface area contributed by atoms with Crippen LogP contribution in [0.4, 0.5) is 5.69 Å². The third-order valence-electron chi connectivity index (χ3n) is 3.22. The first-order valence-corrected chi connectivity index (χ1v) is 6.55. The highest BCUT2D eigenvalue weighted by Gasteiger charge is 2.14. The van der Waals surface area contributed by atoms with Crippen LogP contribution >= 0.6 is 0 Å². The smallest absolute Gasteiger partial charge is 0.0364 e. The minimum Gasteiger partial charge on any atom is -0.373 e. The highest BCUT2D eigenvalue weighted by atomic mass is 15.1. The number of benzene rings is 1. The first-order chi connectivity index (χ1) is 8.04. The zero-order valence-corrected chi connectivity index (χ0v) is 11.8. The molecule has 0 radical (unpaired) electrons. The molecule has 2 nitrogen and oxygen atoms in total. The molecule has 96 valence electrons. The molecule has 0 heterocycles. The van der Waals surface area contributed by atoms with E-state index in [2.05, 4.69) is 69.2 Å². The largest absolute Gasteiger partial charge is 0.373 e. The maximum atomic E-state index is 3.55. The Kier molecular flexibility index (Phi) is 5.49. The Hall–Kier alpha value is -1.02. The predicted octanol–water partition coefficient (Wildman–Crippen LogP) is 3.07. The van der Waals surface area contributed by atoms with Crippen LogP contribution < -0.4 is 10.2 Å². The fourth-order valence-electron chi connectivity index (χ4n) is 1.97. The number of rotatable bonds is 6. The van der Waals surface area contributed by atoms with Gasteiger partial charge in [-0.15, -0.1) is 0 Å². The second kappa shape index (κ2) is 6.65. The van der Waals surface area contributed by atoms with Crippen LogP contribution in [0, 0.1) is 12.8 Å². The van der Waals surface area contributed by atoms with E-state index in [9.17, 15) is 0 Å². The SMILES string of the molecule is CCNC(CN(C)c1ccc(C)cc1)C(C)C. The van der Waals surface area contributed by atoms with Crippen molar-refractivity contribution in [3.63, 3.8) is 0 Å². The summed E-state index contributed by atoms with van der Waals surface area (Å²) < 4.78 is 0. The van der Waals surface area contributed by atoms with Crippen LogP contribution in [0.5, 0.6) is 0 Å². The quantitative estimate of drug-likeness (QED) is 0.814. The van der Waals surface area contributed by atoms with E-state index in [1.807, 2.05) is 0 Å². The molecule has 0 aliphatic carbocycles. The molecule has 1 aromatic rings. The van der Waals surface area contributed by atoms with Crippen LogP contribution in [0.25, 0.3) is 0 Å². The summed E-state index contributed by atoms with van der Waals surface area (Å²) in [5.74, 6) is 0.655. The van der Waals surface area contributed by atoms with Crippen molar-refractivity contribution in [1.29, 1.82) is 0 Å². The molecule has 1 unspecified atom stereocenters. The second-order valence-corrected chi connectivity index (χ2v) is 5.12. The molecule has 0 saturated carbocycles. The molecule has 1 N–H and O–H groups in total. The normalized spacial score (nSPS) is 12.8. The Morgan fingerprint density at radius 1 is 1.18 bits per heavy atom. The number of nitrogens with zero attached hydrogens (tertiary/aromatic N) is 1. The summed E-state index contributed by atoms with van der Waals surface area (Å²) in [6, 6.07) is 9.27. The molecule has 0 bridgehead atoms. The lowest BCUT2D eigenvalue weighted by atomic mass is 10.0. The van der Waals surface area contributed by atoms with E-state index >= 15 is 0 Å². The third kappa shape index (κ3) is 4.39. The molecule has 1 rings (SSSR count). The Bertz CT molecular complexity index is 316. The molecule has 1 atom stereocenters. The highest BCUT2D eigenvalue weighted by Crippen LogP contribution is 2.15. The Morgan fingerprint density at radius 2 is 1.76 bits per heavy atom. The molecule has 0 fully saturated rings. The molecular weight excluding hydrogens is 208 g/mol. The van der Waals surface area contributed by atoms with Gasteiger partial charge in [0.05, 0.1) is 0 Å². The first kappa shape index (κ1) is 14.0. The van der Waals surface area contributed by atoms with Gasteiger partial charge in [-0.3, -0.25) is 0 Å². The monoisotopic (exact) mass is 234 g/mol. The van der Waals surface area contributed by atoms with Gasteiger partial charge in [0.25, 0.3) is 0 Å². The van der Waals surface area contributed by atoms with Gasteiger partial charge in [-0.2, -0.15) is 0 Å². The summed E-state index contributed by atoms with van der Waals surface area (Å²) >= 11 is 0. The summed E-state index contributed by atoms with van der Waals surface area (Å²) in [5, 5.41) is 3.55. The Labute approximate surface area is 106 Å². The number of anilines is 1. The summed E-state index contributed by atoms with van der Waals surface area (Å²) in [7, 11) is 2.16. The zero-order chi connectivity index (χ0) is 12.8. The summed E-state index contributed by atoms with van der Waals surface area (Å²) in [6.07, 6.45) is 0. The molecule has 17 heavy (non-hydrogen) atoms. The van der Waals surface area contributed by atoms with E-state index in [1.165, 1.54) is 11.3 Å². The van der Waals surface area contributed by atoms with E-state index in [0.29, 0.717) is 12.0 Å². The lowest BCUT2D eigenvalue weighted by molar-refractivity contribution is 0.410. The lowest BCUT2D eigenvalue weighted by Crippen LogP contribution is -2.43. The molecule has 0 amide bonds. The Morgan fingerprint density at radius 3 is 2.24 bits per heavy atom. The van der Waals surface area contributed by atoms with Crippen molar-refractivity contribution in [3.8, 4) is 0 Å². The molecule has 0 saturated heterocycles. The van der Waals surface area contributed by atoms with E-state index in [1.54, 1.807) is 0 Å². The van der Waals surface area contributed by atoms with Crippen LogP contribution in [0.3, 0.4) is 0 Å². The molecule has 0 aromatic heterocycles. The van der Waals surface area contributed by atoms with Crippen molar-refractivity contribution >= 4 is 5.69 Å². The van der Waals surface area contributed by atoms with Gasteiger partial charge in [0, 0.05) is 25.3 Å². The van der Waals surface area contributed by atoms with Crippen LogP contribution in [0.15, 0.2) is 24.3 Å². The van der Waals surface area contributed by atoms with Crippen molar-refractivity contribution in [2.45, 2.75) is 33.7 Å². The van der Waals surface area contributed by atoms with Crippen molar-refractivity contribution in [2.24, 2.45) is 5.92 Å². The maximum absolute atomic E-state index is 3.55. The number of nitrogens with one attached hydrogen (secondary N) is 1. The highest BCUT2D eigenvalue weighted by molar-refractivity contribution is 5.46. The molecular formula is C15H26N2. The summed E-state index contributed by atoms with van der Waals surface area (Å²) in [5.41, 5.74) is 2.60. The lowest BCUT2D eigenvalue weighted by Gasteiger charge is -2.29. The summed E-state index contributed by atoms with van der Waals surface area (Å²) in [4.78, 5) is 2.33. The average Bonchev–Trinajstić information content (AvgIpc) is 2.29. The molecule has 0 aliphatic heterocycles. The molecule has 0 spiro atoms. The first-order valence-electron chi connectivity index (χ1n) is 6.55. The number of hydrogen-bond acceptors (Lipinski definition) is 2. The molecule has 1 aromatic carbocycles. The van der Waals surface area contributed by atoms with Crippen LogP contribution in [0.1, 0.15) is 26.3 Å². The van der Waals surface area contributed by atoms with Crippen molar-refractivity contribution in [1.82, 2.24) is 5.32 Å². The van der Waals surface area contributed by atoms with E-state index in [0.717, 1.165) is 13.1 Å². The van der Waals surface area contributed by atoms with Crippen LogP contribution in [0.2, 0.25) is 0 Å². The number of aryl methyl sites for hydroxylation is 1. The molecule has 0 aliphatic rings.